The number of Topliss-reactive ketones (excluding diaryl/α,β-unsaturated/α-hetero) is 1. The first-order valence-electron chi connectivity index (χ1n) is 7.25. The number of nitrogens with zero attached hydrogens (tertiary/aromatic N) is 2. The highest BCUT2D eigenvalue weighted by Gasteiger charge is 2.24. The molecular formula is C15H26N2O2. The summed E-state index contributed by atoms with van der Waals surface area (Å²) >= 11 is 0. The number of rotatable bonds is 9. The molecule has 0 unspecified atom stereocenters. The number of ketones is 1. The van der Waals surface area contributed by atoms with Crippen LogP contribution in [-0.2, 0) is 7.05 Å². The molecule has 4 nitrogen and oxygen atoms in total. The molecule has 0 saturated carbocycles. The summed E-state index contributed by atoms with van der Waals surface area (Å²) in [7, 11) is 3.37. The second-order valence-electron chi connectivity index (χ2n) is 5.07. The minimum absolute atomic E-state index is 0.109. The van der Waals surface area contributed by atoms with Crippen LogP contribution in [0.15, 0.2) is 6.20 Å². The summed E-state index contributed by atoms with van der Waals surface area (Å²) in [5.74, 6) is 0.746. The summed E-state index contributed by atoms with van der Waals surface area (Å²) in [4.78, 5) is 12.6. The molecule has 19 heavy (non-hydrogen) atoms. The monoisotopic (exact) mass is 266 g/mol. The summed E-state index contributed by atoms with van der Waals surface area (Å²) in [5, 5.41) is 4.17. The quantitative estimate of drug-likeness (QED) is 0.641. The molecule has 0 atom stereocenters. The van der Waals surface area contributed by atoms with E-state index < -0.39 is 0 Å². The fraction of sp³-hybridized carbons (Fsp3) is 0.733. The van der Waals surface area contributed by atoms with Crippen LogP contribution >= 0.6 is 0 Å². The van der Waals surface area contributed by atoms with Gasteiger partial charge in [-0.1, -0.05) is 39.5 Å². The van der Waals surface area contributed by atoms with Gasteiger partial charge in [-0.05, 0) is 12.8 Å². The van der Waals surface area contributed by atoms with Crippen molar-refractivity contribution in [2.75, 3.05) is 7.11 Å². The van der Waals surface area contributed by atoms with E-state index in [2.05, 4.69) is 18.9 Å². The minimum Gasteiger partial charge on any atom is -0.479 e. The summed E-state index contributed by atoms with van der Waals surface area (Å²) in [5.41, 5.74) is 0.627. The minimum atomic E-state index is 0.109. The van der Waals surface area contributed by atoms with Crippen molar-refractivity contribution in [1.29, 1.82) is 0 Å². The van der Waals surface area contributed by atoms with Crippen LogP contribution in [0, 0.1) is 5.92 Å². The SMILES string of the molecule is CCCCC(CCCC)C(=O)c1cn(C)nc1OC. The lowest BCUT2D eigenvalue weighted by atomic mass is 9.89. The Morgan fingerprint density at radius 3 is 2.37 bits per heavy atom. The second kappa shape index (κ2) is 7.97. The molecule has 4 heteroatoms. The first-order chi connectivity index (χ1) is 9.13. The highest BCUT2D eigenvalue weighted by Crippen LogP contribution is 2.25. The van der Waals surface area contributed by atoms with Crippen molar-refractivity contribution in [3.05, 3.63) is 11.8 Å². The Kier molecular flexibility index (Phi) is 6.60. The lowest BCUT2D eigenvalue weighted by Gasteiger charge is -2.14. The molecule has 1 heterocycles. The van der Waals surface area contributed by atoms with E-state index in [9.17, 15) is 4.79 Å². The maximum absolute atomic E-state index is 12.6. The molecule has 0 aliphatic carbocycles. The van der Waals surface area contributed by atoms with E-state index in [0.29, 0.717) is 11.4 Å². The molecule has 0 aliphatic heterocycles. The van der Waals surface area contributed by atoms with Crippen LogP contribution < -0.4 is 4.74 Å². The molecule has 0 amide bonds. The zero-order valence-electron chi connectivity index (χ0n) is 12.6. The third kappa shape index (κ3) is 4.37. The summed E-state index contributed by atoms with van der Waals surface area (Å²) in [6.07, 6.45) is 8.15. The zero-order valence-corrected chi connectivity index (χ0v) is 12.6. The van der Waals surface area contributed by atoms with Gasteiger partial charge in [-0.3, -0.25) is 9.48 Å². The van der Waals surface area contributed by atoms with Crippen molar-refractivity contribution < 1.29 is 9.53 Å². The number of ether oxygens (including phenoxy) is 1. The molecule has 0 aromatic carbocycles. The largest absolute Gasteiger partial charge is 0.479 e. The Bertz CT molecular complexity index is 391. The van der Waals surface area contributed by atoms with Gasteiger partial charge >= 0.3 is 0 Å². The number of hydrogen-bond donors (Lipinski definition) is 0. The van der Waals surface area contributed by atoms with E-state index in [4.69, 9.17) is 4.74 Å². The Morgan fingerprint density at radius 2 is 1.89 bits per heavy atom. The van der Waals surface area contributed by atoms with Gasteiger partial charge in [-0.25, -0.2) is 0 Å². The van der Waals surface area contributed by atoms with E-state index in [1.165, 1.54) is 0 Å². The lowest BCUT2D eigenvalue weighted by molar-refractivity contribution is 0.0899. The number of aryl methyl sites for hydroxylation is 1. The molecule has 0 radical (unpaired) electrons. The molecule has 108 valence electrons. The number of carbonyl (C=O) groups is 1. The second-order valence-corrected chi connectivity index (χ2v) is 5.07. The first-order valence-corrected chi connectivity index (χ1v) is 7.25. The molecule has 1 rings (SSSR count). The highest BCUT2D eigenvalue weighted by molar-refractivity contribution is 5.99. The van der Waals surface area contributed by atoms with Crippen molar-refractivity contribution in [1.82, 2.24) is 9.78 Å². The zero-order chi connectivity index (χ0) is 14.3. The van der Waals surface area contributed by atoms with Crippen LogP contribution in [0.3, 0.4) is 0 Å². The van der Waals surface area contributed by atoms with Crippen LogP contribution in [0.1, 0.15) is 62.7 Å². The Labute approximate surface area is 116 Å². The van der Waals surface area contributed by atoms with Crippen molar-refractivity contribution in [3.63, 3.8) is 0 Å². The van der Waals surface area contributed by atoms with E-state index in [-0.39, 0.29) is 11.7 Å². The van der Waals surface area contributed by atoms with Crippen LogP contribution in [0.2, 0.25) is 0 Å². The van der Waals surface area contributed by atoms with Gasteiger partial charge in [0.25, 0.3) is 0 Å². The van der Waals surface area contributed by atoms with Gasteiger partial charge in [0.1, 0.15) is 0 Å². The smallest absolute Gasteiger partial charge is 0.243 e. The third-order valence-corrected chi connectivity index (χ3v) is 3.44. The van der Waals surface area contributed by atoms with Crippen LogP contribution in [0.4, 0.5) is 0 Å². The predicted molar refractivity (Wildman–Crippen MR) is 76.6 cm³/mol. The normalized spacial score (nSPS) is 11.0. The average Bonchev–Trinajstić information content (AvgIpc) is 2.79. The summed E-state index contributed by atoms with van der Waals surface area (Å²) in [6.45, 7) is 4.32. The molecule has 0 aliphatic rings. The molecule has 0 saturated heterocycles. The predicted octanol–water partition coefficient (Wildman–Crippen LogP) is 3.61. The van der Waals surface area contributed by atoms with E-state index in [1.807, 2.05) is 7.05 Å². The molecule has 0 spiro atoms. The van der Waals surface area contributed by atoms with E-state index in [1.54, 1.807) is 18.0 Å². The van der Waals surface area contributed by atoms with Crippen LogP contribution in [0.5, 0.6) is 5.88 Å². The van der Waals surface area contributed by atoms with E-state index in [0.717, 1.165) is 38.5 Å². The van der Waals surface area contributed by atoms with Crippen LogP contribution in [-0.4, -0.2) is 22.7 Å². The number of unbranched alkanes of at least 4 members (excludes halogenated alkanes) is 2. The molecule has 0 N–H and O–H groups in total. The lowest BCUT2D eigenvalue weighted by Crippen LogP contribution is -2.15. The van der Waals surface area contributed by atoms with Gasteiger partial charge in [0.15, 0.2) is 5.78 Å². The summed E-state index contributed by atoms with van der Waals surface area (Å²) in [6, 6.07) is 0. The first kappa shape index (κ1) is 15.7. The summed E-state index contributed by atoms with van der Waals surface area (Å²) < 4.78 is 6.84. The maximum atomic E-state index is 12.6. The number of aromatic nitrogens is 2. The fourth-order valence-corrected chi connectivity index (χ4v) is 2.32. The van der Waals surface area contributed by atoms with Gasteiger partial charge in [0.05, 0.1) is 12.7 Å². The van der Waals surface area contributed by atoms with Crippen molar-refractivity contribution >= 4 is 5.78 Å². The van der Waals surface area contributed by atoms with Crippen LogP contribution in [0.25, 0.3) is 0 Å². The molecule has 0 fully saturated rings. The Morgan fingerprint density at radius 1 is 1.32 bits per heavy atom. The van der Waals surface area contributed by atoms with Crippen molar-refractivity contribution in [3.8, 4) is 5.88 Å². The van der Waals surface area contributed by atoms with Gasteiger partial charge in [0.2, 0.25) is 5.88 Å². The van der Waals surface area contributed by atoms with Crippen molar-refractivity contribution in [2.24, 2.45) is 13.0 Å². The topological polar surface area (TPSA) is 44.1 Å². The van der Waals surface area contributed by atoms with Gasteiger partial charge in [0, 0.05) is 19.2 Å². The number of hydrogen-bond acceptors (Lipinski definition) is 3. The number of methoxy groups -OCH3 is 1. The standard InChI is InChI=1S/C15H26N2O2/c1-5-7-9-12(10-8-6-2)14(18)13-11-17(3)16-15(13)19-4/h11-12H,5-10H2,1-4H3. The maximum Gasteiger partial charge on any atom is 0.243 e. The van der Waals surface area contributed by atoms with Gasteiger partial charge in [-0.2, -0.15) is 0 Å². The van der Waals surface area contributed by atoms with Crippen molar-refractivity contribution in [2.45, 2.75) is 52.4 Å². The molecule has 1 aromatic rings. The molecule has 1 aromatic heterocycles. The van der Waals surface area contributed by atoms with E-state index >= 15 is 0 Å². The van der Waals surface area contributed by atoms with Gasteiger partial charge in [-0.15, -0.1) is 5.10 Å². The van der Waals surface area contributed by atoms with Gasteiger partial charge < -0.3 is 4.74 Å². The third-order valence-electron chi connectivity index (χ3n) is 3.44. The molecule has 0 bridgehead atoms. The number of carbonyl (C=O) groups excluding carboxylic acids is 1. The fourth-order valence-electron chi connectivity index (χ4n) is 2.32. The Hall–Kier alpha value is -1.32. The highest BCUT2D eigenvalue weighted by atomic mass is 16.5. The Balaban J connectivity index is 2.83. The molecular weight excluding hydrogens is 240 g/mol. The average molecular weight is 266 g/mol.